The highest BCUT2D eigenvalue weighted by Gasteiger charge is 2.41. The summed E-state index contributed by atoms with van der Waals surface area (Å²) in [6, 6.07) is 5.75. The van der Waals surface area contributed by atoms with Gasteiger partial charge in [-0.3, -0.25) is 14.5 Å². The molecule has 118 valence electrons. The van der Waals surface area contributed by atoms with Crippen molar-refractivity contribution in [3.63, 3.8) is 0 Å². The summed E-state index contributed by atoms with van der Waals surface area (Å²) in [5.41, 5.74) is 0. The molecule has 3 atom stereocenters. The van der Waals surface area contributed by atoms with Crippen LogP contribution in [0.15, 0.2) is 30.2 Å². The van der Waals surface area contributed by atoms with E-state index < -0.39 is 0 Å². The van der Waals surface area contributed by atoms with Crippen molar-refractivity contribution >= 4 is 11.3 Å². The van der Waals surface area contributed by atoms with Crippen LogP contribution in [0, 0.1) is 5.92 Å². The largest absolute Gasteiger partial charge is 0.298 e. The molecule has 0 amide bonds. The zero-order valence-corrected chi connectivity index (χ0v) is 13.8. The summed E-state index contributed by atoms with van der Waals surface area (Å²) in [6.07, 6.45) is 6.03. The third kappa shape index (κ3) is 2.83. The van der Waals surface area contributed by atoms with E-state index >= 15 is 0 Å². The number of nitrogens with zero attached hydrogens (tertiary/aromatic N) is 5. The lowest BCUT2D eigenvalue weighted by Crippen LogP contribution is -2.45. The van der Waals surface area contributed by atoms with E-state index in [1.54, 1.807) is 6.33 Å². The normalized spacial score (nSPS) is 29.8. The van der Waals surface area contributed by atoms with E-state index in [-0.39, 0.29) is 0 Å². The minimum atomic E-state index is 0.596. The van der Waals surface area contributed by atoms with Gasteiger partial charge in [0.25, 0.3) is 0 Å². The third-order valence-corrected chi connectivity index (χ3v) is 6.14. The molecular formula is C16H23N5S. The van der Waals surface area contributed by atoms with Crippen LogP contribution in [-0.2, 0) is 13.1 Å². The van der Waals surface area contributed by atoms with Crippen LogP contribution in [0.2, 0.25) is 0 Å². The van der Waals surface area contributed by atoms with Crippen molar-refractivity contribution in [1.29, 1.82) is 0 Å². The molecule has 2 saturated heterocycles. The van der Waals surface area contributed by atoms with Gasteiger partial charge in [0, 0.05) is 36.6 Å². The van der Waals surface area contributed by atoms with Crippen LogP contribution in [0.4, 0.5) is 0 Å². The number of piperidine rings is 1. The highest BCUT2D eigenvalue weighted by atomic mass is 32.1. The average Bonchev–Trinajstić information content (AvgIpc) is 3.24. The van der Waals surface area contributed by atoms with Crippen molar-refractivity contribution < 1.29 is 0 Å². The highest BCUT2D eigenvalue weighted by molar-refractivity contribution is 7.09. The predicted octanol–water partition coefficient (Wildman–Crippen LogP) is 1.93. The van der Waals surface area contributed by atoms with E-state index in [1.807, 2.05) is 22.3 Å². The van der Waals surface area contributed by atoms with E-state index in [2.05, 4.69) is 44.4 Å². The van der Waals surface area contributed by atoms with Gasteiger partial charge in [0.05, 0.1) is 6.54 Å². The lowest BCUT2D eigenvalue weighted by atomic mass is 9.92. The maximum Gasteiger partial charge on any atom is 0.137 e. The number of hydrogen-bond donors (Lipinski definition) is 0. The summed E-state index contributed by atoms with van der Waals surface area (Å²) in [6.45, 7) is 4.55. The van der Waals surface area contributed by atoms with Gasteiger partial charge in [0.15, 0.2) is 0 Å². The molecule has 0 spiro atoms. The first-order valence-corrected chi connectivity index (χ1v) is 8.96. The summed E-state index contributed by atoms with van der Waals surface area (Å²) in [5.74, 6) is 0.798. The molecule has 2 aliphatic rings. The molecule has 0 aromatic carbocycles. The molecule has 6 heteroatoms. The van der Waals surface area contributed by atoms with Crippen molar-refractivity contribution in [2.75, 3.05) is 20.1 Å². The molecular weight excluding hydrogens is 294 g/mol. The van der Waals surface area contributed by atoms with Crippen LogP contribution in [0.5, 0.6) is 0 Å². The molecule has 0 aliphatic carbocycles. The first kappa shape index (κ1) is 14.4. The van der Waals surface area contributed by atoms with Gasteiger partial charge in [-0.2, -0.15) is 5.10 Å². The number of likely N-dealkylation sites (N-methyl/N-ethyl adjacent to an activating group) is 1. The maximum absolute atomic E-state index is 4.27. The smallest absolute Gasteiger partial charge is 0.137 e. The Kier molecular flexibility index (Phi) is 3.98. The summed E-state index contributed by atoms with van der Waals surface area (Å²) >= 11 is 1.88. The fraction of sp³-hybridized carbons (Fsp3) is 0.625. The number of thiophene rings is 1. The fourth-order valence-electron chi connectivity index (χ4n) is 4.16. The lowest BCUT2D eigenvalue weighted by molar-refractivity contribution is 0.110. The Morgan fingerprint density at radius 2 is 2.36 bits per heavy atom. The Hall–Kier alpha value is -1.24. The Morgan fingerprint density at radius 3 is 3.14 bits per heavy atom. The van der Waals surface area contributed by atoms with Gasteiger partial charge < -0.3 is 0 Å². The zero-order chi connectivity index (χ0) is 14.9. The van der Waals surface area contributed by atoms with E-state index in [0.717, 1.165) is 25.0 Å². The van der Waals surface area contributed by atoms with Gasteiger partial charge in [0.1, 0.15) is 12.7 Å². The maximum atomic E-state index is 4.27. The van der Waals surface area contributed by atoms with Gasteiger partial charge >= 0.3 is 0 Å². The van der Waals surface area contributed by atoms with E-state index in [9.17, 15) is 0 Å². The van der Waals surface area contributed by atoms with Gasteiger partial charge in [-0.15, -0.1) is 11.3 Å². The van der Waals surface area contributed by atoms with Gasteiger partial charge in [-0.05, 0) is 37.3 Å². The van der Waals surface area contributed by atoms with Crippen molar-refractivity contribution in [3.8, 4) is 0 Å². The number of aromatic nitrogens is 3. The first-order valence-electron chi connectivity index (χ1n) is 8.08. The summed E-state index contributed by atoms with van der Waals surface area (Å²) in [5, 5.41) is 6.45. The van der Waals surface area contributed by atoms with E-state index in [1.165, 1.54) is 30.8 Å². The quantitative estimate of drug-likeness (QED) is 0.863. The minimum Gasteiger partial charge on any atom is -0.298 e. The van der Waals surface area contributed by atoms with Gasteiger partial charge in [0.2, 0.25) is 0 Å². The Morgan fingerprint density at radius 1 is 1.41 bits per heavy atom. The van der Waals surface area contributed by atoms with Gasteiger partial charge in [-0.1, -0.05) is 6.07 Å². The molecule has 2 aromatic heterocycles. The molecule has 0 bridgehead atoms. The van der Waals surface area contributed by atoms with Crippen LogP contribution >= 0.6 is 11.3 Å². The van der Waals surface area contributed by atoms with Crippen molar-refractivity contribution in [2.24, 2.45) is 5.92 Å². The first-order chi connectivity index (χ1) is 10.8. The van der Waals surface area contributed by atoms with Gasteiger partial charge in [-0.25, -0.2) is 4.98 Å². The zero-order valence-electron chi connectivity index (χ0n) is 13.0. The topological polar surface area (TPSA) is 37.2 Å². The fourth-order valence-corrected chi connectivity index (χ4v) is 4.91. The number of rotatable bonds is 4. The molecule has 2 aliphatic heterocycles. The minimum absolute atomic E-state index is 0.596. The molecule has 4 rings (SSSR count). The molecule has 0 N–H and O–H groups in total. The lowest BCUT2D eigenvalue weighted by Gasteiger charge is -2.37. The Bertz CT molecular complexity index is 580. The average molecular weight is 317 g/mol. The van der Waals surface area contributed by atoms with Crippen LogP contribution < -0.4 is 0 Å². The Labute approximate surface area is 135 Å². The van der Waals surface area contributed by atoms with Crippen LogP contribution in [0.1, 0.15) is 17.7 Å². The second-order valence-corrected chi connectivity index (χ2v) is 7.64. The van der Waals surface area contributed by atoms with Crippen molar-refractivity contribution in [2.45, 2.75) is 38.0 Å². The number of fused-ring (bicyclic) bond motifs is 1. The SMILES string of the molecule is CN1[C@H](Cn2cncn2)C[C@@H]2CN(Cc3cccs3)CC[C@@H]21. The molecule has 22 heavy (non-hydrogen) atoms. The second kappa shape index (κ2) is 6.10. The second-order valence-electron chi connectivity index (χ2n) is 6.60. The van der Waals surface area contributed by atoms with Crippen LogP contribution in [-0.4, -0.2) is 56.8 Å². The third-order valence-electron chi connectivity index (χ3n) is 5.28. The molecule has 2 aromatic rings. The molecule has 5 nitrogen and oxygen atoms in total. The monoisotopic (exact) mass is 317 g/mol. The Balaban J connectivity index is 1.38. The molecule has 0 radical (unpaired) electrons. The summed E-state index contributed by atoms with van der Waals surface area (Å²) in [4.78, 5) is 10.8. The predicted molar refractivity (Wildman–Crippen MR) is 87.7 cm³/mol. The van der Waals surface area contributed by atoms with E-state index in [0.29, 0.717) is 6.04 Å². The summed E-state index contributed by atoms with van der Waals surface area (Å²) < 4.78 is 1.97. The standard InChI is InChI=1S/C16H23N5S/c1-19-14(9-21-12-17-11-18-21)7-13-8-20(5-4-16(13)19)10-15-3-2-6-22-15/h2-3,6,11-14,16H,4-5,7-10H2,1H3/t13-,14+,16+/m1/s1. The molecule has 2 fully saturated rings. The van der Waals surface area contributed by atoms with E-state index in [4.69, 9.17) is 0 Å². The molecule has 4 heterocycles. The number of hydrogen-bond acceptors (Lipinski definition) is 5. The number of likely N-dealkylation sites (tertiary alicyclic amines) is 2. The van der Waals surface area contributed by atoms with Crippen molar-refractivity contribution in [3.05, 3.63) is 35.0 Å². The summed E-state index contributed by atoms with van der Waals surface area (Å²) in [7, 11) is 2.29. The molecule has 0 unspecified atom stereocenters. The van der Waals surface area contributed by atoms with Crippen LogP contribution in [0.25, 0.3) is 0 Å². The highest BCUT2D eigenvalue weighted by Crippen LogP contribution is 2.35. The van der Waals surface area contributed by atoms with Crippen LogP contribution in [0.3, 0.4) is 0 Å². The van der Waals surface area contributed by atoms with Crippen molar-refractivity contribution in [1.82, 2.24) is 24.6 Å². The molecule has 0 saturated carbocycles.